The van der Waals surface area contributed by atoms with Gasteiger partial charge in [0.2, 0.25) is 0 Å². The van der Waals surface area contributed by atoms with Crippen molar-refractivity contribution in [3.63, 3.8) is 0 Å². The van der Waals surface area contributed by atoms with Gasteiger partial charge in [0.1, 0.15) is 5.82 Å². The van der Waals surface area contributed by atoms with E-state index in [1.165, 1.54) is 12.1 Å². The Morgan fingerprint density at radius 2 is 1.41 bits per heavy atom. The van der Waals surface area contributed by atoms with Gasteiger partial charge in [-0.3, -0.25) is 9.78 Å². The summed E-state index contributed by atoms with van der Waals surface area (Å²) in [5.74, 6) is -0.529. The number of carbonyl (C=O) groups excluding carboxylic acids is 1. The maximum absolute atomic E-state index is 13.7. The first kappa shape index (κ1) is 21.2. The summed E-state index contributed by atoms with van der Waals surface area (Å²) in [4.78, 5) is 17.0. The van der Waals surface area contributed by atoms with Gasteiger partial charge in [-0.2, -0.15) is 0 Å². The predicted octanol–water partition coefficient (Wildman–Crippen LogP) is 7.11. The molecular formula is C28H21FN4O. The lowest BCUT2D eigenvalue weighted by Gasteiger charge is -2.11. The van der Waals surface area contributed by atoms with Gasteiger partial charge in [0.25, 0.3) is 5.91 Å². The zero-order valence-corrected chi connectivity index (χ0v) is 18.1. The van der Waals surface area contributed by atoms with Gasteiger partial charge in [-0.15, -0.1) is 0 Å². The lowest BCUT2D eigenvalue weighted by molar-refractivity contribution is 0.102. The molecule has 0 radical (unpaired) electrons. The van der Waals surface area contributed by atoms with Crippen LogP contribution < -0.4 is 16.0 Å². The number of hydrogen-bond donors (Lipinski definition) is 3. The van der Waals surface area contributed by atoms with Crippen LogP contribution in [0.2, 0.25) is 0 Å². The minimum absolute atomic E-state index is 0.208. The summed E-state index contributed by atoms with van der Waals surface area (Å²) in [5, 5.41) is 10.2. The molecule has 34 heavy (non-hydrogen) atoms. The van der Waals surface area contributed by atoms with Crippen LogP contribution in [0.5, 0.6) is 0 Å². The van der Waals surface area contributed by atoms with E-state index in [2.05, 4.69) is 20.9 Å². The molecule has 5 nitrogen and oxygen atoms in total. The molecule has 166 valence electrons. The highest BCUT2D eigenvalue weighted by Gasteiger charge is 2.08. The van der Waals surface area contributed by atoms with Crippen LogP contribution in [0.15, 0.2) is 109 Å². The third-order valence-electron chi connectivity index (χ3n) is 5.31. The van der Waals surface area contributed by atoms with Gasteiger partial charge in [-0.05, 0) is 78.9 Å². The number of nitrogens with one attached hydrogen (secondary N) is 3. The van der Waals surface area contributed by atoms with E-state index in [0.29, 0.717) is 22.2 Å². The van der Waals surface area contributed by atoms with Crippen molar-refractivity contribution >= 4 is 45.2 Å². The third kappa shape index (κ3) is 4.86. The highest BCUT2D eigenvalue weighted by Crippen LogP contribution is 2.26. The van der Waals surface area contributed by atoms with Crippen molar-refractivity contribution in [2.75, 3.05) is 16.0 Å². The van der Waals surface area contributed by atoms with Crippen molar-refractivity contribution in [2.24, 2.45) is 0 Å². The largest absolute Gasteiger partial charge is 0.355 e. The van der Waals surface area contributed by atoms with Crippen LogP contribution in [0.25, 0.3) is 10.9 Å². The fourth-order valence-corrected chi connectivity index (χ4v) is 3.65. The van der Waals surface area contributed by atoms with E-state index in [1.54, 1.807) is 30.5 Å². The van der Waals surface area contributed by atoms with Gasteiger partial charge in [0.05, 0.1) is 5.52 Å². The lowest BCUT2D eigenvalue weighted by atomic mass is 10.1. The molecule has 6 heteroatoms. The number of rotatable bonds is 6. The third-order valence-corrected chi connectivity index (χ3v) is 5.31. The molecule has 1 amide bonds. The Balaban J connectivity index is 1.27. The number of hydrogen-bond acceptors (Lipinski definition) is 4. The number of aromatic nitrogens is 1. The first-order chi connectivity index (χ1) is 16.6. The average molecular weight is 449 g/mol. The van der Waals surface area contributed by atoms with Crippen LogP contribution in [0, 0.1) is 5.82 Å². The molecular weight excluding hydrogens is 427 g/mol. The average Bonchev–Trinajstić information content (AvgIpc) is 2.86. The van der Waals surface area contributed by atoms with Gasteiger partial charge in [0, 0.05) is 45.6 Å². The standard InChI is InChI=1S/C28H21FN4O/c29-20-11-14-26-25(17-20)27(15-16-30-26)32-22-12-9-19(10-13-22)28(34)33-24-8-4-7-23(18-24)31-21-5-2-1-3-6-21/h1-18,31H,(H,30,32)(H,33,34). The Morgan fingerprint density at radius 1 is 0.676 bits per heavy atom. The molecule has 3 N–H and O–H groups in total. The zero-order chi connectivity index (χ0) is 23.3. The van der Waals surface area contributed by atoms with Crippen molar-refractivity contribution in [3.05, 3.63) is 121 Å². The molecule has 1 aromatic heterocycles. The van der Waals surface area contributed by atoms with Crippen molar-refractivity contribution in [2.45, 2.75) is 0 Å². The molecule has 5 aromatic rings. The molecule has 0 aliphatic rings. The summed E-state index contributed by atoms with van der Waals surface area (Å²) in [7, 11) is 0. The number of carbonyl (C=O) groups is 1. The molecule has 1 heterocycles. The quantitative estimate of drug-likeness (QED) is 0.259. The molecule has 4 aromatic carbocycles. The lowest BCUT2D eigenvalue weighted by Crippen LogP contribution is -2.11. The first-order valence-electron chi connectivity index (χ1n) is 10.8. The summed E-state index contributed by atoms with van der Waals surface area (Å²) < 4.78 is 13.7. The maximum Gasteiger partial charge on any atom is 0.255 e. The number of anilines is 5. The Hall–Kier alpha value is -4.71. The van der Waals surface area contributed by atoms with Crippen molar-refractivity contribution in [1.29, 1.82) is 0 Å². The number of pyridine rings is 1. The smallest absolute Gasteiger partial charge is 0.255 e. The van der Waals surface area contributed by atoms with Gasteiger partial charge in [0.15, 0.2) is 0 Å². The SMILES string of the molecule is O=C(Nc1cccc(Nc2ccccc2)c1)c1ccc(Nc2ccnc3ccc(F)cc23)cc1. The van der Waals surface area contributed by atoms with Crippen LogP contribution >= 0.6 is 0 Å². The second-order valence-corrected chi connectivity index (χ2v) is 7.75. The minimum Gasteiger partial charge on any atom is -0.355 e. The number of fused-ring (bicyclic) bond motifs is 1. The Labute approximate surface area is 196 Å². The van der Waals surface area contributed by atoms with E-state index >= 15 is 0 Å². The van der Waals surface area contributed by atoms with E-state index in [9.17, 15) is 9.18 Å². The van der Waals surface area contributed by atoms with E-state index in [-0.39, 0.29) is 11.7 Å². The monoisotopic (exact) mass is 448 g/mol. The number of nitrogens with zero attached hydrogens (tertiary/aromatic N) is 1. The van der Waals surface area contributed by atoms with Crippen molar-refractivity contribution in [1.82, 2.24) is 4.98 Å². The van der Waals surface area contributed by atoms with E-state index < -0.39 is 0 Å². The fraction of sp³-hybridized carbons (Fsp3) is 0. The van der Waals surface area contributed by atoms with E-state index in [0.717, 1.165) is 22.7 Å². The normalized spacial score (nSPS) is 10.6. The van der Waals surface area contributed by atoms with E-state index in [4.69, 9.17) is 0 Å². The molecule has 0 bridgehead atoms. The summed E-state index contributed by atoms with van der Waals surface area (Å²) >= 11 is 0. The fourth-order valence-electron chi connectivity index (χ4n) is 3.65. The van der Waals surface area contributed by atoms with Crippen molar-refractivity contribution in [3.8, 4) is 0 Å². The molecule has 0 saturated heterocycles. The summed E-state index contributed by atoms with van der Waals surface area (Å²) in [6, 6.07) is 30.8. The highest BCUT2D eigenvalue weighted by molar-refractivity contribution is 6.04. The summed E-state index contributed by atoms with van der Waals surface area (Å²) in [6.45, 7) is 0. The molecule has 0 unspecified atom stereocenters. The predicted molar refractivity (Wildman–Crippen MR) is 136 cm³/mol. The summed E-state index contributed by atoms with van der Waals surface area (Å²) in [6.07, 6.45) is 1.67. The van der Waals surface area contributed by atoms with Crippen LogP contribution in [-0.4, -0.2) is 10.9 Å². The Morgan fingerprint density at radius 3 is 2.24 bits per heavy atom. The second kappa shape index (κ2) is 9.42. The molecule has 0 atom stereocenters. The van der Waals surface area contributed by atoms with Crippen LogP contribution in [0.1, 0.15) is 10.4 Å². The number of para-hydroxylation sites is 1. The van der Waals surface area contributed by atoms with Gasteiger partial charge < -0.3 is 16.0 Å². The number of halogens is 1. The molecule has 0 fully saturated rings. The molecule has 0 saturated carbocycles. The van der Waals surface area contributed by atoms with Gasteiger partial charge in [-0.1, -0.05) is 24.3 Å². The van der Waals surface area contributed by atoms with Crippen LogP contribution in [0.3, 0.4) is 0 Å². The molecule has 0 aliphatic heterocycles. The molecule has 0 aliphatic carbocycles. The van der Waals surface area contributed by atoms with Gasteiger partial charge >= 0.3 is 0 Å². The topological polar surface area (TPSA) is 66.1 Å². The van der Waals surface area contributed by atoms with Gasteiger partial charge in [-0.25, -0.2) is 4.39 Å². The molecule has 5 rings (SSSR count). The van der Waals surface area contributed by atoms with Crippen LogP contribution in [0.4, 0.5) is 32.8 Å². The first-order valence-corrected chi connectivity index (χ1v) is 10.8. The Bertz CT molecular complexity index is 1450. The maximum atomic E-state index is 13.7. The van der Waals surface area contributed by atoms with Crippen molar-refractivity contribution < 1.29 is 9.18 Å². The number of amides is 1. The summed E-state index contributed by atoms with van der Waals surface area (Å²) in [5.41, 5.74) is 5.29. The number of benzene rings is 4. The Kier molecular flexibility index (Phi) is 5.86. The van der Waals surface area contributed by atoms with E-state index in [1.807, 2.05) is 66.7 Å². The van der Waals surface area contributed by atoms with Crippen LogP contribution in [-0.2, 0) is 0 Å². The minimum atomic E-state index is -0.321. The zero-order valence-electron chi connectivity index (χ0n) is 18.1. The second-order valence-electron chi connectivity index (χ2n) is 7.75. The highest BCUT2D eigenvalue weighted by atomic mass is 19.1. The molecule has 0 spiro atoms.